The van der Waals surface area contributed by atoms with Crippen molar-refractivity contribution < 1.29 is 9.53 Å². The predicted octanol–water partition coefficient (Wildman–Crippen LogP) is 7.65. The Hall–Kier alpha value is -3.65. The zero-order valence-electron chi connectivity index (χ0n) is 18.7. The molecule has 172 valence electrons. The number of carbonyl (C=O) groups is 1. The monoisotopic (exact) mass is 498 g/mol. The van der Waals surface area contributed by atoms with Crippen LogP contribution in [0.3, 0.4) is 0 Å². The topological polar surface area (TPSA) is 63.0 Å². The number of fused-ring (bicyclic) bond motifs is 2. The van der Waals surface area contributed by atoms with E-state index >= 15 is 0 Å². The zero-order chi connectivity index (χ0) is 24.4. The summed E-state index contributed by atoms with van der Waals surface area (Å²) in [5.74, 6) is -0.383. The fourth-order valence-electron chi connectivity index (χ4n) is 4.42. The second kappa shape index (κ2) is 9.92. The molecule has 0 fully saturated rings. The summed E-state index contributed by atoms with van der Waals surface area (Å²) in [6.45, 7) is 0.122. The molecule has 1 aliphatic rings. The Morgan fingerprint density at radius 3 is 2.63 bits per heavy atom. The molecular formula is C29H20Cl2N2O2. The van der Waals surface area contributed by atoms with Crippen molar-refractivity contribution in [2.24, 2.45) is 0 Å². The van der Waals surface area contributed by atoms with Crippen molar-refractivity contribution >= 4 is 51.7 Å². The highest BCUT2D eigenvalue weighted by atomic mass is 35.5. The molecule has 0 radical (unpaired) electrons. The molecule has 1 aliphatic carbocycles. The highest BCUT2D eigenvalue weighted by molar-refractivity contribution is 6.43. The smallest absolute Gasteiger partial charge is 0.339 e. The SMILES string of the molecule is N#Cc1ccc(COC(=O)c2c3c(nc4ccccc24)C(=Cc2cccc(Cl)c2Cl)CCC3)cc1. The van der Waals surface area contributed by atoms with E-state index in [9.17, 15) is 4.79 Å². The summed E-state index contributed by atoms with van der Waals surface area (Å²) in [5.41, 5.74) is 6.21. The molecule has 0 amide bonds. The molecule has 0 aliphatic heterocycles. The number of rotatable bonds is 4. The number of nitrogens with zero attached hydrogens (tertiary/aromatic N) is 2. The average Bonchev–Trinajstić information content (AvgIpc) is 2.89. The Morgan fingerprint density at radius 2 is 1.83 bits per heavy atom. The van der Waals surface area contributed by atoms with Crippen molar-refractivity contribution in [3.8, 4) is 6.07 Å². The molecule has 1 aromatic heterocycles. The van der Waals surface area contributed by atoms with Crippen LogP contribution in [0, 0.1) is 11.3 Å². The minimum Gasteiger partial charge on any atom is -0.457 e. The van der Waals surface area contributed by atoms with Crippen LogP contribution in [0.4, 0.5) is 0 Å². The van der Waals surface area contributed by atoms with E-state index in [1.165, 1.54) is 0 Å². The number of halogens is 2. The van der Waals surface area contributed by atoms with Crippen LogP contribution < -0.4 is 0 Å². The van der Waals surface area contributed by atoms with Gasteiger partial charge < -0.3 is 4.74 Å². The Labute approximate surface area is 213 Å². The van der Waals surface area contributed by atoms with E-state index in [1.807, 2.05) is 42.5 Å². The molecule has 5 rings (SSSR count). The number of hydrogen-bond donors (Lipinski definition) is 0. The molecule has 3 aromatic carbocycles. The van der Waals surface area contributed by atoms with Crippen LogP contribution in [-0.2, 0) is 17.8 Å². The maximum atomic E-state index is 13.4. The quantitative estimate of drug-likeness (QED) is 0.271. The molecular weight excluding hydrogens is 479 g/mol. The first-order valence-electron chi connectivity index (χ1n) is 11.3. The van der Waals surface area contributed by atoms with Gasteiger partial charge >= 0.3 is 5.97 Å². The number of carbonyl (C=O) groups excluding carboxylic acids is 1. The van der Waals surface area contributed by atoms with E-state index in [1.54, 1.807) is 30.3 Å². The summed E-state index contributed by atoms with van der Waals surface area (Å²) in [6.07, 6.45) is 4.45. The lowest BCUT2D eigenvalue weighted by Gasteiger charge is -2.22. The molecule has 0 saturated carbocycles. The molecule has 1 heterocycles. The van der Waals surface area contributed by atoms with Gasteiger partial charge in [0.1, 0.15) is 6.61 Å². The van der Waals surface area contributed by atoms with Crippen LogP contribution in [0.5, 0.6) is 0 Å². The lowest BCUT2D eigenvalue weighted by molar-refractivity contribution is 0.0473. The Balaban J connectivity index is 1.56. The summed E-state index contributed by atoms with van der Waals surface area (Å²) in [7, 11) is 0. The number of nitriles is 1. The van der Waals surface area contributed by atoms with Crippen molar-refractivity contribution in [1.82, 2.24) is 4.98 Å². The lowest BCUT2D eigenvalue weighted by atomic mass is 9.86. The van der Waals surface area contributed by atoms with Gasteiger partial charge in [-0.1, -0.05) is 65.7 Å². The van der Waals surface area contributed by atoms with Crippen molar-refractivity contribution in [1.29, 1.82) is 5.26 Å². The van der Waals surface area contributed by atoms with Gasteiger partial charge in [0.25, 0.3) is 0 Å². The number of hydrogen-bond acceptors (Lipinski definition) is 4. The van der Waals surface area contributed by atoms with Gasteiger partial charge in [-0.15, -0.1) is 0 Å². The third-order valence-electron chi connectivity index (χ3n) is 6.14. The van der Waals surface area contributed by atoms with Gasteiger partial charge in [0.15, 0.2) is 0 Å². The second-order valence-electron chi connectivity index (χ2n) is 8.38. The van der Waals surface area contributed by atoms with Crippen molar-refractivity contribution in [2.45, 2.75) is 25.9 Å². The van der Waals surface area contributed by atoms with Crippen LogP contribution >= 0.6 is 23.2 Å². The van der Waals surface area contributed by atoms with Crippen LogP contribution in [0.2, 0.25) is 10.0 Å². The molecule has 0 unspecified atom stereocenters. The highest BCUT2D eigenvalue weighted by Crippen LogP contribution is 2.38. The van der Waals surface area contributed by atoms with Crippen molar-refractivity contribution in [2.75, 3.05) is 0 Å². The molecule has 4 aromatic rings. The van der Waals surface area contributed by atoms with Gasteiger partial charge in [0.05, 0.1) is 38.5 Å². The molecule has 0 spiro atoms. The molecule has 0 N–H and O–H groups in total. The van der Waals surface area contributed by atoms with Gasteiger partial charge in [-0.05, 0) is 71.9 Å². The summed E-state index contributed by atoms with van der Waals surface area (Å²) < 4.78 is 5.74. The van der Waals surface area contributed by atoms with E-state index < -0.39 is 0 Å². The molecule has 4 nitrogen and oxygen atoms in total. The minimum absolute atomic E-state index is 0.122. The van der Waals surface area contributed by atoms with E-state index in [0.717, 1.165) is 58.1 Å². The second-order valence-corrected chi connectivity index (χ2v) is 9.17. The standard InChI is InChI=1S/C29H20Cl2N2O2/c30-24-9-4-5-20(27(24)31)15-21-6-3-8-23-26(22-7-1-2-10-25(22)33-28(21)23)29(34)35-17-19-13-11-18(16-32)12-14-19/h1-2,4-5,7,9-15H,3,6,8,17H2. The third kappa shape index (κ3) is 4.66. The lowest BCUT2D eigenvalue weighted by Crippen LogP contribution is -2.15. The molecule has 35 heavy (non-hydrogen) atoms. The van der Waals surface area contributed by atoms with Crippen LogP contribution in [0.25, 0.3) is 22.6 Å². The van der Waals surface area contributed by atoms with E-state index in [0.29, 0.717) is 21.2 Å². The Bertz CT molecular complexity index is 1520. The first-order valence-corrected chi connectivity index (χ1v) is 12.0. The molecule has 6 heteroatoms. The van der Waals surface area contributed by atoms with E-state index in [2.05, 4.69) is 6.07 Å². The third-order valence-corrected chi connectivity index (χ3v) is 6.97. The number of esters is 1. The number of ether oxygens (including phenoxy) is 1. The highest BCUT2D eigenvalue weighted by Gasteiger charge is 2.26. The number of aromatic nitrogens is 1. The van der Waals surface area contributed by atoms with Gasteiger partial charge in [0, 0.05) is 5.39 Å². The zero-order valence-corrected chi connectivity index (χ0v) is 20.2. The normalized spacial score (nSPS) is 13.9. The Morgan fingerprint density at radius 1 is 1.03 bits per heavy atom. The maximum absolute atomic E-state index is 13.4. The summed E-state index contributed by atoms with van der Waals surface area (Å²) in [6, 6.07) is 22.3. The van der Waals surface area contributed by atoms with E-state index in [4.69, 9.17) is 38.2 Å². The van der Waals surface area contributed by atoms with Gasteiger partial charge in [-0.3, -0.25) is 0 Å². The van der Waals surface area contributed by atoms with Crippen LogP contribution in [0.1, 0.15) is 51.1 Å². The summed E-state index contributed by atoms with van der Waals surface area (Å²) in [4.78, 5) is 18.4. The molecule has 0 saturated heterocycles. The largest absolute Gasteiger partial charge is 0.457 e. The first kappa shape index (κ1) is 23.1. The summed E-state index contributed by atoms with van der Waals surface area (Å²) in [5, 5.41) is 10.8. The minimum atomic E-state index is -0.383. The predicted molar refractivity (Wildman–Crippen MR) is 139 cm³/mol. The number of para-hydroxylation sites is 1. The van der Waals surface area contributed by atoms with Gasteiger partial charge in [-0.25, -0.2) is 9.78 Å². The Kier molecular flexibility index (Phi) is 6.55. The molecule has 0 bridgehead atoms. The first-order chi connectivity index (χ1) is 17.0. The van der Waals surface area contributed by atoms with E-state index in [-0.39, 0.29) is 12.6 Å². The fraction of sp³-hybridized carbons (Fsp3) is 0.138. The van der Waals surface area contributed by atoms with Gasteiger partial charge in [0.2, 0.25) is 0 Å². The number of allylic oxidation sites excluding steroid dienone is 1. The number of benzene rings is 3. The fourth-order valence-corrected chi connectivity index (χ4v) is 4.79. The van der Waals surface area contributed by atoms with Gasteiger partial charge in [-0.2, -0.15) is 5.26 Å². The number of pyridine rings is 1. The summed E-state index contributed by atoms with van der Waals surface area (Å²) >= 11 is 12.7. The van der Waals surface area contributed by atoms with Crippen LogP contribution in [-0.4, -0.2) is 11.0 Å². The average molecular weight is 499 g/mol. The van der Waals surface area contributed by atoms with Crippen molar-refractivity contribution in [3.05, 3.63) is 110 Å². The van der Waals surface area contributed by atoms with Crippen molar-refractivity contribution in [3.63, 3.8) is 0 Å². The molecule has 0 atom stereocenters. The maximum Gasteiger partial charge on any atom is 0.339 e. The van der Waals surface area contributed by atoms with Crippen LogP contribution in [0.15, 0.2) is 66.7 Å².